The van der Waals surface area contributed by atoms with Gasteiger partial charge in [-0.2, -0.15) is 5.26 Å². The average molecular weight is 141 g/mol. The number of nitrogens with zero attached hydrogens (tertiary/aromatic N) is 1. The number of hydrogen-bond acceptors (Lipinski definition) is 3. The molecule has 0 unspecified atom stereocenters. The van der Waals surface area contributed by atoms with Crippen LogP contribution in [0.25, 0.3) is 0 Å². The Bertz CT molecular complexity index is 148. The zero-order chi connectivity index (χ0) is 7.98. The Morgan fingerprint density at radius 1 is 1.90 bits per heavy atom. The van der Waals surface area contributed by atoms with Gasteiger partial charge in [-0.25, -0.2) is 0 Å². The molecule has 0 rings (SSSR count). The van der Waals surface area contributed by atoms with Gasteiger partial charge in [-0.05, 0) is 6.92 Å². The molecule has 0 radical (unpaired) electrons. The molecule has 0 heterocycles. The zero-order valence-electron chi connectivity index (χ0n) is 6.00. The van der Waals surface area contributed by atoms with Crippen molar-refractivity contribution in [1.82, 2.24) is 0 Å². The molecule has 3 heteroatoms. The molecule has 56 valence electrons. The highest BCUT2D eigenvalue weighted by Crippen LogP contribution is 1.89. The van der Waals surface area contributed by atoms with E-state index in [0.29, 0.717) is 6.61 Å². The summed E-state index contributed by atoms with van der Waals surface area (Å²) in [5.41, 5.74) is 0.880. The second-order valence-electron chi connectivity index (χ2n) is 2.12. The van der Waals surface area contributed by atoms with Crippen LogP contribution < -0.4 is 0 Å². The van der Waals surface area contributed by atoms with Gasteiger partial charge in [0.15, 0.2) is 6.10 Å². The lowest BCUT2D eigenvalue weighted by Crippen LogP contribution is -2.13. The van der Waals surface area contributed by atoms with E-state index in [-0.39, 0.29) is 6.61 Å². The van der Waals surface area contributed by atoms with E-state index in [4.69, 9.17) is 15.1 Å². The van der Waals surface area contributed by atoms with Gasteiger partial charge in [-0.3, -0.25) is 0 Å². The summed E-state index contributed by atoms with van der Waals surface area (Å²) in [6.07, 6.45) is -1.01. The fraction of sp³-hybridized carbons (Fsp3) is 0.571. The maximum atomic E-state index is 8.66. The third kappa shape index (κ3) is 5.29. The third-order valence-corrected chi connectivity index (χ3v) is 0.773. The normalized spacial score (nSPS) is 12.1. The summed E-state index contributed by atoms with van der Waals surface area (Å²) < 4.78 is 4.88. The van der Waals surface area contributed by atoms with Gasteiger partial charge in [0.2, 0.25) is 0 Å². The lowest BCUT2D eigenvalue weighted by Gasteiger charge is -2.02. The van der Waals surface area contributed by atoms with Crippen molar-refractivity contribution in [1.29, 1.82) is 5.26 Å². The summed E-state index contributed by atoms with van der Waals surface area (Å²) in [6, 6.07) is 1.64. The molecule has 0 aromatic carbocycles. The van der Waals surface area contributed by atoms with Crippen LogP contribution in [0, 0.1) is 11.3 Å². The SMILES string of the molecule is C=C(C)COC[C@@H](O)C#N. The second kappa shape index (κ2) is 4.98. The average Bonchev–Trinajstić information content (AvgIpc) is 1.87. The molecule has 0 fully saturated rings. The first-order valence-corrected chi connectivity index (χ1v) is 2.96. The molecular weight excluding hydrogens is 130 g/mol. The van der Waals surface area contributed by atoms with Crippen molar-refractivity contribution < 1.29 is 9.84 Å². The van der Waals surface area contributed by atoms with Gasteiger partial charge < -0.3 is 9.84 Å². The molecule has 0 aliphatic carbocycles. The van der Waals surface area contributed by atoms with Gasteiger partial charge in [0.05, 0.1) is 19.3 Å². The molecule has 0 aromatic rings. The lowest BCUT2D eigenvalue weighted by atomic mass is 10.4. The summed E-state index contributed by atoms with van der Waals surface area (Å²) in [6.45, 7) is 5.87. The van der Waals surface area contributed by atoms with Crippen molar-refractivity contribution in [2.75, 3.05) is 13.2 Å². The molecule has 0 aromatic heterocycles. The minimum absolute atomic E-state index is 0.0589. The van der Waals surface area contributed by atoms with Gasteiger partial charge in [-0.1, -0.05) is 12.2 Å². The van der Waals surface area contributed by atoms with Crippen molar-refractivity contribution >= 4 is 0 Å². The minimum Gasteiger partial charge on any atom is -0.376 e. The van der Waals surface area contributed by atoms with Crippen molar-refractivity contribution in [3.05, 3.63) is 12.2 Å². The monoisotopic (exact) mass is 141 g/mol. The molecule has 0 aliphatic rings. The maximum absolute atomic E-state index is 8.66. The van der Waals surface area contributed by atoms with Crippen LogP contribution in [-0.2, 0) is 4.74 Å². The number of ether oxygens (including phenoxy) is 1. The van der Waals surface area contributed by atoms with Crippen LogP contribution in [-0.4, -0.2) is 24.4 Å². The number of nitriles is 1. The van der Waals surface area contributed by atoms with Crippen molar-refractivity contribution in [2.45, 2.75) is 13.0 Å². The first kappa shape index (κ1) is 9.15. The lowest BCUT2D eigenvalue weighted by molar-refractivity contribution is 0.0754. The van der Waals surface area contributed by atoms with E-state index in [9.17, 15) is 0 Å². The Morgan fingerprint density at radius 3 is 2.90 bits per heavy atom. The van der Waals surface area contributed by atoms with E-state index in [1.807, 2.05) is 6.92 Å². The Kier molecular flexibility index (Phi) is 4.55. The quantitative estimate of drug-likeness (QED) is 0.457. The topological polar surface area (TPSA) is 53.2 Å². The Hall–Kier alpha value is -0.850. The van der Waals surface area contributed by atoms with Crippen molar-refractivity contribution in [2.24, 2.45) is 0 Å². The Balaban J connectivity index is 3.22. The summed E-state index contributed by atoms with van der Waals surface area (Å²) in [5, 5.41) is 16.8. The van der Waals surface area contributed by atoms with Crippen LogP contribution in [0.5, 0.6) is 0 Å². The van der Waals surface area contributed by atoms with E-state index in [1.54, 1.807) is 6.07 Å². The van der Waals surface area contributed by atoms with Crippen molar-refractivity contribution in [3.63, 3.8) is 0 Å². The molecule has 10 heavy (non-hydrogen) atoms. The highest BCUT2D eigenvalue weighted by Gasteiger charge is 1.99. The van der Waals surface area contributed by atoms with Gasteiger partial charge in [0.25, 0.3) is 0 Å². The molecule has 0 saturated heterocycles. The number of aliphatic hydroxyl groups excluding tert-OH is 1. The summed E-state index contributed by atoms with van der Waals surface area (Å²) in [7, 11) is 0. The van der Waals surface area contributed by atoms with E-state index < -0.39 is 6.10 Å². The molecule has 0 aliphatic heterocycles. The smallest absolute Gasteiger partial charge is 0.163 e. The van der Waals surface area contributed by atoms with E-state index in [0.717, 1.165) is 5.57 Å². The Labute approximate surface area is 60.5 Å². The predicted molar refractivity (Wildman–Crippen MR) is 37.3 cm³/mol. The van der Waals surface area contributed by atoms with Crippen LogP contribution in [0.2, 0.25) is 0 Å². The van der Waals surface area contributed by atoms with Crippen LogP contribution >= 0.6 is 0 Å². The Morgan fingerprint density at radius 2 is 2.50 bits per heavy atom. The summed E-state index contributed by atoms with van der Waals surface area (Å²) >= 11 is 0. The predicted octanol–water partition coefficient (Wildman–Crippen LogP) is 0.464. The molecule has 1 atom stereocenters. The molecule has 0 bridgehead atoms. The van der Waals surface area contributed by atoms with E-state index in [2.05, 4.69) is 6.58 Å². The van der Waals surface area contributed by atoms with Crippen LogP contribution in [0.1, 0.15) is 6.92 Å². The van der Waals surface area contributed by atoms with Crippen LogP contribution in [0.4, 0.5) is 0 Å². The molecule has 0 saturated carbocycles. The van der Waals surface area contributed by atoms with Gasteiger partial charge in [0.1, 0.15) is 0 Å². The maximum Gasteiger partial charge on any atom is 0.163 e. The molecule has 0 spiro atoms. The third-order valence-electron chi connectivity index (χ3n) is 0.773. The zero-order valence-corrected chi connectivity index (χ0v) is 6.00. The largest absolute Gasteiger partial charge is 0.376 e. The summed E-state index contributed by atoms with van der Waals surface area (Å²) in [4.78, 5) is 0. The standard InChI is InChI=1S/C7H11NO2/c1-6(2)4-10-5-7(9)3-8/h7,9H,1,4-5H2,2H3/t7-/m0/s1. The van der Waals surface area contributed by atoms with Gasteiger partial charge in [0, 0.05) is 0 Å². The highest BCUT2D eigenvalue weighted by atomic mass is 16.5. The van der Waals surface area contributed by atoms with Crippen molar-refractivity contribution in [3.8, 4) is 6.07 Å². The first-order chi connectivity index (χ1) is 4.66. The fourth-order valence-corrected chi connectivity index (χ4v) is 0.382. The number of hydrogen-bond donors (Lipinski definition) is 1. The number of aliphatic hydroxyl groups is 1. The first-order valence-electron chi connectivity index (χ1n) is 2.96. The van der Waals surface area contributed by atoms with Gasteiger partial charge >= 0.3 is 0 Å². The fourth-order valence-electron chi connectivity index (χ4n) is 0.382. The molecule has 3 nitrogen and oxygen atoms in total. The molecule has 0 amide bonds. The second-order valence-corrected chi connectivity index (χ2v) is 2.12. The highest BCUT2D eigenvalue weighted by molar-refractivity contribution is 4.88. The van der Waals surface area contributed by atoms with Crippen LogP contribution in [0.3, 0.4) is 0 Å². The molecular formula is C7H11NO2. The van der Waals surface area contributed by atoms with Gasteiger partial charge in [-0.15, -0.1) is 0 Å². The van der Waals surface area contributed by atoms with E-state index >= 15 is 0 Å². The summed E-state index contributed by atoms with van der Waals surface area (Å²) in [5.74, 6) is 0. The minimum atomic E-state index is -1.01. The number of rotatable bonds is 4. The van der Waals surface area contributed by atoms with Crippen LogP contribution in [0.15, 0.2) is 12.2 Å². The molecule has 1 N–H and O–H groups in total. The van der Waals surface area contributed by atoms with E-state index in [1.165, 1.54) is 0 Å².